The SMILES string of the molecule is O=c1[nH]nc(-c2ccccc2Sc2ccccc2)[nH]1. The van der Waals surface area contributed by atoms with Crippen LogP contribution in [0.4, 0.5) is 0 Å². The molecular formula is C14H11N3OS. The Morgan fingerprint density at radius 3 is 2.42 bits per heavy atom. The number of hydrogen-bond donors (Lipinski definition) is 2. The minimum absolute atomic E-state index is 0.297. The fourth-order valence-electron chi connectivity index (χ4n) is 1.76. The molecule has 19 heavy (non-hydrogen) atoms. The number of benzene rings is 2. The van der Waals surface area contributed by atoms with Gasteiger partial charge in [-0.05, 0) is 18.2 Å². The molecule has 0 radical (unpaired) electrons. The lowest BCUT2D eigenvalue weighted by molar-refractivity contribution is 1.05. The number of nitrogens with zero attached hydrogens (tertiary/aromatic N) is 1. The summed E-state index contributed by atoms with van der Waals surface area (Å²) in [7, 11) is 0. The van der Waals surface area contributed by atoms with Crippen molar-refractivity contribution in [1.29, 1.82) is 0 Å². The van der Waals surface area contributed by atoms with Gasteiger partial charge in [-0.1, -0.05) is 48.2 Å². The van der Waals surface area contributed by atoms with E-state index >= 15 is 0 Å². The van der Waals surface area contributed by atoms with Crippen molar-refractivity contribution in [3.63, 3.8) is 0 Å². The van der Waals surface area contributed by atoms with Crippen LogP contribution >= 0.6 is 11.8 Å². The van der Waals surface area contributed by atoms with Gasteiger partial charge in [-0.15, -0.1) is 0 Å². The molecule has 1 heterocycles. The largest absolute Gasteiger partial charge is 0.340 e. The molecule has 0 aliphatic carbocycles. The number of H-pyrrole nitrogens is 2. The highest BCUT2D eigenvalue weighted by atomic mass is 32.2. The number of hydrogen-bond acceptors (Lipinski definition) is 3. The second-order valence-corrected chi connectivity index (χ2v) is 5.05. The number of nitrogens with one attached hydrogen (secondary N) is 2. The van der Waals surface area contributed by atoms with E-state index in [0.717, 1.165) is 15.4 Å². The molecule has 2 N–H and O–H groups in total. The van der Waals surface area contributed by atoms with Gasteiger partial charge < -0.3 is 0 Å². The molecule has 3 rings (SSSR count). The van der Waals surface area contributed by atoms with Crippen molar-refractivity contribution in [3.05, 3.63) is 65.1 Å². The molecule has 4 nitrogen and oxygen atoms in total. The van der Waals surface area contributed by atoms with Gasteiger partial charge in [0.1, 0.15) is 0 Å². The molecule has 0 saturated heterocycles. The van der Waals surface area contributed by atoms with Crippen LogP contribution in [0.2, 0.25) is 0 Å². The van der Waals surface area contributed by atoms with Gasteiger partial charge in [-0.3, -0.25) is 4.98 Å². The van der Waals surface area contributed by atoms with E-state index < -0.39 is 0 Å². The van der Waals surface area contributed by atoms with Crippen LogP contribution in [0.5, 0.6) is 0 Å². The summed E-state index contributed by atoms with van der Waals surface area (Å²) in [5.74, 6) is 0.559. The van der Waals surface area contributed by atoms with Gasteiger partial charge in [0.15, 0.2) is 5.82 Å². The maximum Gasteiger partial charge on any atom is 0.340 e. The Labute approximate surface area is 113 Å². The monoisotopic (exact) mass is 269 g/mol. The average Bonchev–Trinajstić information content (AvgIpc) is 2.87. The topological polar surface area (TPSA) is 61.5 Å². The van der Waals surface area contributed by atoms with Gasteiger partial charge in [0.2, 0.25) is 0 Å². The number of aromatic amines is 2. The minimum Gasteiger partial charge on any atom is -0.289 e. The van der Waals surface area contributed by atoms with Crippen LogP contribution in [-0.2, 0) is 0 Å². The molecule has 94 valence electrons. The van der Waals surface area contributed by atoms with E-state index in [1.807, 2.05) is 42.5 Å². The van der Waals surface area contributed by atoms with Crippen molar-refractivity contribution in [2.45, 2.75) is 9.79 Å². The van der Waals surface area contributed by atoms with Gasteiger partial charge in [-0.25, -0.2) is 9.89 Å². The molecule has 0 fully saturated rings. The summed E-state index contributed by atoms with van der Waals surface area (Å²) in [6, 6.07) is 17.9. The highest BCUT2D eigenvalue weighted by Gasteiger charge is 2.09. The van der Waals surface area contributed by atoms with Gasteiger partial charge in [-0.2, -0.15) is 5.10 Å². The van der Waals surface area contributed by atoms with Crippen LogP contribution in [0.15, 0.2) is 69.2 Å². The Bertz CT molecular complexity index is 733. The fourth-order valence-corrected chi connectivity index (χ4v) is 2.73. The van der Waals surface area contributed by atoms with Gasteiger partial charge in [0.25, 0.3) is 0 Å². The quantitative estimate of drug-likeness (QED) is 0.768. The Morgan fingerprint density at radius 2 is 1.68 bits per heavy atom. The van der Waals surface area contributed by atoms with Crippen molar-refractivity contribution in [3.8, 4) is 11.4 Å². The smallest absolute Gasteiger partial charge is 0.289 e. The summed E-state index contributed by atoms with van der Waals surface area (Å²) in [4.78, 5) is 16.0. The van der Waals surface area contributed by atoms with Crippen molar-refractivity contribution in [2.24, 2.45) is 0 Å². The molecule has 0 atom stereocenters. The molecule has 2 aromatic carbocycles. The first kappa shape index (κ1) is 11.8. The van der Waals surface area contributed by atoms with Crippen molar-refractivity contribution in [1.82, 2.24) is 15.2 Å². The summed E-state index contributed by atoms with van der Waals surface area (Å²) in [6.07, 6.45) is 0. The Hall–Kier alpha value is -2.27. The highest BCUT2D eigenvalue weighted by molar-refractivity contribution is 7.99. The molecule has 5 heteroatoms. The Kier molecular flexibility index (Phi) is 3.20. The van der Waals surface area contributed by atoms with E-state index in [1.165, 1.54) is 0 Å². The maximum absolute atomic E-state index is 11.2. The third-order valence-corrected chi connectivity index (χ3v) is 3.70. The summed E-state index contributed by atoms with van der Waals surface area (Å²) < 4.78 is 0. The molecule has 0 amide bonds. The molecule has 0 aliphatic rings. The standard InChI is InChI=1S/C14H11N3OS/c18-14-15-13(16-17-14)11-8-4-5-9-12(11)19-10-6-2-1-3-7-10/h1-9H,(H2,15,16,17,18). The van der Waals surface area contributed by atoms with E-state index in [9.17, 15) is 4.79 Å². The lowest BCUT2D eigenvalue weighted by Crippen LogP contribution is -2.00. The Morgan fingerprint density at radius 1 is 0.947 bits per heavy atom. The lowest BCUT2D eigenvalue weighted by Gasteiger charge is -2.06. The van der Waals surface area contributed by atoms with E-state index in [-0.39, 0.29) is 5.69 Å². The molecule has 0 unspecified atom stereocenters. The predicted octanol–water partition coefficient (Wildman–Crippen LogP) is 2.92. The number of aromatic nitrogens is 3. The normalized spacial score (nSPS) is 10.5. The fraction of sp³-hybridized carbons (Fsp3) is 0. The van der Waals surface area contributed by atoms with Crippen LogP contribution in [0.1, 0.15) is 0 Å². The van der Waals surface area contributed by atoms with E-state index in [1.54, 1.807) is 11.8 Å². The van der Waals surface area contributed by atoms with Crippen LogP contribution in [-0.4, -0.2) is 15.2 Å². The highest BCUT2D eigenvalue weighted by Crippen LogP contribution is 2.33. The lowest BCUT2D eigenvalue weighted by atomic mass is 10.2. The van der Waals surface area contributed by atoms with Crippen LogP contribution in [0, 0.1) is 0 Å². The third kappa shape index (κ3) is 2.61. The summed E-state index contributed by atoms with van der Waals surface area (Å²) in [6.45, 7) is 0. The first-order valence-electron chi connectivity index (χ1n) is 5.80. The van der Waals surface area contributed by atoms with Crippen molar-refractivity contribution < 1.29 is 0 Å². The van der Waals surface area contributed by atoms with E-state index in [4.69, 9.17) is 0 Å². The maximum atomic E-state index is 11.2. The van der Waals surface area contributed by atoms with Crippen molar-refractivity contribution >= 4 is 11.8 Å². The number of rotatable bonds is 3. The third-order valence-electron chi connectivity index (χ3n) is 2.61. The zero-order valence-electron chi connectivity index (χ0n) is 9.96. The molecule has 0 bridgehead atoms. The molecule has 0 spiro atoms. The Balaban J connectivity index is 2.00. The zero-order chi connectivity index (χ0) is 13.1. The first-order valence-corrected chi connectivity index (χ1v) is 6.61. The summed E-state index contributed by atoms with van der Waals surface area (Å²) in [5.41, 5.74) is 0.615. The zero-order valence-corrected chi connectivity index (χ0v) is 10.8. The predicted molar refractivity (Wildman–Crippen MR) is 75.2 cm³/mol. The average molecular weight is 269 g/mol. The second-order valence-electron chi connectivity index (χ2n) is 3.94. The van der Waals surface area contributed by atoms with Gasteiger partial charge >= 0.3 is 5.69 Å². The van der Waals surface area contributed by atoms with Crippen LogP contribution in [0.25, 0.3) is 11.4 Å². The molecular weight excluding hydrogens is 258 g/mol. The molecule has 1 aromatic heterocycles. The molecule has 3 aromatic rings. The first-order chi connectivity index (χ1) is 9.33. The summed E-state index contributed by atoms with van der Waals surface area (Å²) in [5, 5.41) is 6.37. The molecule has 0 aliphatic heterocycles. The summed E-state index contributed by atoms with van der Waals surface area (Å²) >= 11 is 1.64. The van der Waals surface area contributed by atoms with Crippen molar-refractivity contribution in [2.75, 3.05) is 0 Å². The van der Waals surface area contributed by atoms with Crippen LogP contribution < -0.4 is 5.69 Å². The van der Waals surface area contributed by atoms with Gasteiger partial charge in [0, 0.05) is 15.4 Å². The van der Waals surface area contributed by atoms with Crippen LogP contribution in [0.3, 0.4) is 0 Å². The van der Waals surface area contributed by atoms with E-state index in [2.05, 4.69) is 27.3 Å². The minimum atomic E-state index is -0.297. The van der Waals surface area contributed by atoms with Gasteiger partial charge in [0.05, 0.1) is 0 Å². The van der Waals surface area contributed by atoms with E-state index in [0.29, 0.717) is 5.82 Å². The second kappa shape index (κ2) is 5.16. The molecule has 0 saturated carbocycles.